The summed E-state index contributed by atoms with van der Waals surface area (Å²) >= 11 is 0. The van der Waals surface area contributed by atoms with Crippen molar-refractivity contribution in [1.29, 1.82) is 0 Å². The number of benzene rings is 2. The third kappa shape index (κ3) is 44.1. The number of allylic oxidation sites excluding steroid dienone is 1. The zero-order chi connectivity index (χ0) is 49.7. The van der Waals surface area contributed by atoms with Crippen molar-refractivity contribution in [3.63, 3.8) is 0 Å². The van der Waals surface area contributed by atoms with Crippen LogP contribution < -0.4 is 78.0 Å². The van der Waals surface area contributed by atoms with Gasteiger partial charge in [-0.25, -0.2) is 0 Å². The van der Waals surface area contributed by atoms with Gasteiger partial charge in [0.25, 0.3) is 5.91 Å². The van der Waals surface area contributed by atoms with Gasteiger partial charge in [-0.05, 0) is 121 Å². The molecule has 3 rings (SSSR count). The number of likely N-dealkylation sites (N-methyl/N-ethyl adjacent to an activating group) is 1. The number of nitrogens with zero attached hydrogens (tertiary/aromatic N) is 3. The van der Waals surface area contributed by atoms with Gasteiger partial charge in [0.1, 0.15) is 6.29 Å². The molecule has 374 valence electrons. The van der Waals surface area contributed by atoms with Crippen molar-refractivity contribution in [3.05, 3.63) is 82.2 Å². The molecule has 0 aliphatic carbocycles. The fourth-order valence-corrected chi connectivity index (χ4v) is 5.72. The summed E-state index contributed by atoms with van der Waals surface area (Å²) in [7, 11) is 1.90. The summed E-state index contributed by atoms with van der Waals surface area (Å²) in [6.07, 6.45) is 9.63. The van der Waals surface area contributed by atoms with Crippen LogP contribution in [0, 0.1) is 5.41 Å². The average Bonchev–Trinajstić information content (AvgIpc) is 3.84. The van der Waals surface area contributed by atoms with Crippen LogP contribution in [0.25, 0.3) is 5.32 Å². The van der Waals surface area contributed by atoms with Crippen molar-refractivity contribution in [1.82, 2.24) is 36.4 Å². The predicted octanol–water partition coefficient (Wildman–Crippen LogP) is 6.82. The molecule has 1 heterocycles. The number of hydrogen-bond donors (Lipinski definition) is 5. The molecule has 3 amide bonds. The normalized spacial score (nSPS) is 11.7. The smallest absolute Gasteiger partial charge is 0.683 e. The van der Waals surface area contributed by atoms with Gasteiger partial charge in [-0.3, -0.25) is 14.4 Å². The number of hydrogen-bond acceptors (Lipinski definition) is 8. The van der Waals surface area contributed by atoms with Gasteiger partial charge in [0.15, 0.2) is 0 Å². The van der Waals surface area contributed by atoms with Crippen molar-refractivity contribution < 1.29 is 70.6 Å². The van der Waals surface area contributed by atoms with E-state index < -0.39 is 0 Å². The SMILES string of the molecule is C/C=C(\C)CNC(=O)CC.CC.CCC(=O)NCc1cccc([N-]CCN2CCCC2)c1.CCC=O.CCCN(CC)CCNC(=O)c1cccc(CNC)c1.CCCNCC(C)(C)C.[K+]. The topological polar surface area (TPSA) is 149 Å². The average molecular weight is 950 g/mol. The van der Waals surface area contributed by atoms with Crippen molar-refractivity contribution in [2.45, 2.75) is 148 Å². The molecule has 13 heteroatoms. The first-order chi connectivity index (χ1) is 31.2. The Labute approximate surface area is 447 Å². The minimum atomic E-state index is 0. The van der Waals surface area contributed by atoms with Crippen molar-refractivity contribution in [3.8, 4) is 0 Å². The summed E-state index contributed by atoms with van der Waals surface area (Å²) in [6.45, 7) is 39.1. The molecule has 2 aromatic rings. The van der Waals surface area contributed by atoms with E-state index in [9.17, 15) is 19.2 Å². The number of amides is 3. The maximum absolute atomic E-state index is 12.1. The van der Waals surface area contributed by atoms with Gasteiger partial charge >= 0.3 is 51.4 Å². The van der Waals surface area contributed by atoms with E-state index in [1.807, 2.05) is 104 Å². The molecule has 1 aliphatic heterocycles. The van der Waals surface area contributed by atoms with Gasteiger partial charge in [0.05, 0.1) is 0 Å². The van der Waals surface area contributed by atoms with Gasteiger partial charge in [0, 0.05) is 57.5 Å². The van der Waals surface area contributed by atoms with E-state index in [0.717, 1.165) is 87.4 Å². The van der Waals surface area contributed by atoms with Crippen LogP contribution in [-0.4, -0.2) is 113 Å². The van der Waals surface area contributed by atoms with E-state index in [4.69, 9.17) is 0 Å². The first-order valence-corrected chi connectivity index (χ1v) is 24.7. The summed E-state index contributed by atoms with van der Waals surface area (Å²) < 4.78 is 0. The first-order valence-electron chi connectivity index (χ1n) is 24.7. The Bertz CT molecular complexity index is 1500. The Morgan fingerprint density at radius 1 is 0.803 bits per heavy atom. The summed E-state index contributed by atoms with van der Waals surface area (Å²) in [5, 5.41) is 19.7. The van der Waals surface area contributed by atoms with Crippen LogP contribution in [0.3, 0.4) is 0 Å². The maximum Gasteiger partial charge on any atom is 1.00 e. The summed E-state index contributed by atoms with van der Waals surface area (Å²) in [6, 6.07) is 15.9. The van der Waals surface area contributed by atoms with E-state index in [1.165, 1.54) is 37.9 Å². The number of carbonyl (C=O) groups is 4. The molecular formula is C53H97KN8O4. The zero-order valence-electron chi connectivity index (χ0n) is 44.9. The molecule has 0 unspecified atom stereocenters. The molecule has 0 bridgehead atoms. The van der Waals surface area contributed by atoms with E-state index in [1.54, 1.807) is 0 Å². The third-order valence-corrected chi connectivity index (χ3v) is 9.53. The molecule has 1 aliphatic rings. The molecule has 0 saturated carbocycles. The van der Waals surface area contributed by atoms with E-state index in [-0.39, 0.29) is 69.1 Å². The quantitative estimate of drug-likeness (QED) is 0.0353. The Morgan fingerprint density at radius 3 is 1.91 bits per heavy atom. The zero-order valence-corrected chi connectivity index (χ0v) is 48.0. The van der Waals surface area contributed by atoms with Gasteiger partial charge in [-0.2, -0.15) is 0 Å². The molecular weight excluding hydrogens is 852 g/mol. The van der Waals surface area contributed by atoms with Crippen molar-refractivity contribution in [2.75, 3.05) is 79.0 Å². The number of aldehydes is 1. The second kappa shape index (κ2) is 49.0. The predicted molar refractivity (Wildman–Crippen MR) is 279 cm³/mol. The first kappa shape index (κ1) is 70.1. The minimum absolute atomic E-state index is 0. The summed E-state index contributed by atoms with van der Waals surface area (Å²) in [5.74, 6) is 0.207. The van der Waals surface area contributed by atoms with Gasteiger partial charge in [-0.1, -0.05) is 124 Å². The molecule has 5 N–H and O–H groups in total. The molecule has 0 aromatic heterocycles. The second-order valence-electron chi connectivity index (χ2n) is 16.7. The van der Waals surface area contributed by atoms with Crippen molar-refractivity contribution in [2.24, 2.45) is 5.41 Å². The summed E-state index contributed by atoms with van der Waals surface area (Å²) in [5.41, 5.74) is 5.61. The monoisotopic (exact) mass is 949 g/mol. The molecule has 1 fully saturated rings. The van der Waals surface area contributed by atoms with E-state index in [2.05, 4.69) is 89.3 Å². The van der Waals surface area contributed by atoms with Gasteiger partial charge < -0.3 is 46.5 Å². The fourth-order valence-electron chi connectivity index (χ4n) is 5.72. The molecule has 12 nitrogen and oxygen atoms in total. The number of likely N-dealkylation sites (tertiary alicyclic amines) is 1. The molecule has 0 radical (unpaired) electrons. The standard InChI is InChI=1S/C16H24N3O.C16H27N3O.C8H15NO.C8H19N.C3H6O.C2H6.K/c1-2-16(20)18-13-14-6-5-7-15(12-14)17-8-11-19-9-3-4-10-19;1-4-10-19(5-2)11-9-18-16(20)15-8-6-7-14(12-15)13-17-3;1-4-7(3)6-9-8(10)5-2;1-5-6-9-7-8(2,3)4;1-2-3-4;1-2;/h5-7,12H,2-4,8-11,13H2,1H3,(H,18,20);6-8,12,17H,4-5,9-11,13H2,1-3H3,(H,18,20);4H,5-6H2,1-3H3,(H,9,10);9H,5-7H2,1-4H3;3H,2H2,1H3;1-2H3;/q-1;;;;;;+1/b;;7-4+;;;;. The van der Waals surface area contributed by atoms with Gasteiger partial charge in [0.2, 0.25) is 11.8 Å². The Hall–Kier alpha value is -2.46. The Morgan fingerprint density at radius 2 is 1.39 bits per heavy atom. The third-order valence-electron chi connectivity index (χ3n) is 9.53. The summed E-state index contributed by atoms with van der Waals surface area (Å²) in [4.78, 5) is 48.0. The second-order valence-corrected chi connectivity index (χ2v) is 16.7. The van der Waals surface area contributed by atoms with Crippen LogP contribution in [0.1, 0.15) is 156 Å². The maximum atomic E-state index is 12.1. The molecule has 2 aromatic carbocycles. The van der Waals surface area contributed by atoms with Crippen LogP contribution in [0.4, 0.5) is 5.69 Å². The molecule has 0 atom stereocenters. The van der Waals surface area contributed by atoms with Crippen LogP contribution in [-0.2, 0) is 27.5 Å². The minimum Gasteiger partial charge on any atom is -0.683 e. The molecule has 0 spiro atoms. The van der Waals surface area contributed by atoms with Crippen LogP contribution in [0.5, 0.6) is 0 Å². The van der Waals surface area contributed by atoms with Crippen LogP contribution in [0.15, 0.2) is 60.2 Å². The van der Waals surface area contributed by atoms with Crippen LogP contribution >= 0.6 is 0 Å². The molecule has 66 heavy (non-hydrogen) atoms. The van der Waals surface area contributed by atoms with Crippen LogP contribution in [0.2, 0.25) is 0 Å². The Balaban J connectivity index is -0.000000389. The Kier molecular flexibility index (Phi) is 52.0. The van der Waals surface area contributed by atoms with E-state index >= 15 is 0 Å². The van der Waals surface area contributed by atoms with Gasteiger partial charge in [-0.15, -0.1) is 12.2 Å². The van der Waals surface area contributed by atoms with E-state index in [0.29, 0.717) is 44.3 Å². The van der Waals surface area contributed by atoms with Crippen molar-refractivity contribution >= 4 is 29.7 Å². The number of nitrogens with one attached hydrogen (secondary N) is 5. The number of rotatable bonds is 23. The number of carbonyl (C=O) groups excluding carboxylic acids is 4. The molecule has 1 saturated heterocycles. The fraction of sp³-hybridized carbons (Fsp3) is 0.660. The largest absolute Gasteiger partial charge is 1.00 e.